The van der Waals surface area contributed by atoms with Gasteiger partial charge in [0.05, 0.1) is 0 Å². The summed E-state index contributed by atoms with van der Waals surface area (Å²) in [5, 5.41) is 3.23. The Morgan fingerprint density at radius 2 is 1.17 bits per heavy atom. The summed E-state index contributed by atoms with van der Waals surface area (Å²) in [6, 6.07) is 28.1. The fourth-order valence-corrected chi connectivity index (χ4v) is 2.77. The van der Waals surface area contributed by atoms with E-state index in [4.69, 9.17) is 12.2 Å². The van der Waals surface area contributed by atoms with Crippen molar-refractivity contribution >= 4 is 23.0 Å². The van der Waals surface area contributed by atoms with Crippen LogP contribution >= 0.6 is 12.2 Å². The van der Waals surface area contributed by atoms with Crippen LogP contribution in [0.15, 0.2) is 91.0 Å². The van der Waals surface area contributed by atoms with E-state index in [1.807, 2.05) is 91.0 Å². The van der Waals surface area contributed by atoms with E-state index in [0.717, 1.165) is 11.1 Å². The Morgan fingerprint density at radius 1 is 0.708 bits per heavy atom. The van der Waals surface area contributed by atoms with Gasteiger partial charge in [0.2, 0.25) is 0 Å². The number of carbonyl (C=O) groups is 1. The molecule has 1 unspecified atom stereocenters. The van der Waals surface area contributed by atoms with Crippen LogP contribution in [0.5, 0.6) is 0 Å². The zero-order chi connectivity index (χ0) is 16.8. The summed E-state index contributed by atoms with van der Waals surface area (Å²) >= 11 is 5.50. The first kappa shape index (κ1) is 16.1. The maximum absolute atomic E-state index is 13.0. The molecule has 1 N–H and O–H groups in total. The highest BCUT2D eigenvalue weighted by atomic mass is 32.1. The Morgan fingerprint density at radius 3 is 1.71 bits per heavy atom. The average molecular weight is 331 g/mol. The minimum atomic E-state index is -0.513. The molecule has 3 rings (SSSR count). The largest absolute Gasteiger partial charge is 0.362 e. The van der Waals surface area contributed by atoms with E-state index >= 15 is 0 Å². The summed E-state index contributed by atoms with van der Waals surface area (Å²) in [7, 11) is 0. The van der Waals surface area contributed by atoms with Crippen LogP contribution in [0.4, 0.5) is 0 Å². The third-order valence-corrected chi connectivity index (χ3v) is 4.12. The molecule has 0 saturated heterocycles. The van der Waals surface area contributed by atoms with E-state index in [9.17, 15) is 4.79 Å². The van der Waals surface area contributed by atoms with Crippen molar-refractivity contribution in [1.82, 2.24) is 5.32 Å². The van der Waals surface area contributed by atoms with Crippen LogP contribution in [-0.2, 0) is 0 Å². The Kier molecular flexibility index (Phi) is 5.14. The highest BCUT2D eigenvalue weighted by Crippen LogP contribution is 2.19. The number of Topliss-reactive ketones (excluding diaryl/α,β-unsaturated/α-hetero) is 1. The zero-order valence-electron chi connectivity index (χ0n) is 13.1. The van der Waals surface area contributed by atoms with Crippen molar-refractivity contribution in [2.24, 2.45) is 0 Å². The fourth-order valence-electron chi connectivity index (χ4n) is 2.52. The normalized spacial score (nSPS) is 11.5. The molecule has 0 aliphatic rings. The molecule has 0 bridgehead atoms. The first-order valence-corrected chi connectivity index (χ1v) is 8.16. The molecule has 3 aromatic rings. The van der Waals surface area contributed by atoms with Gasteiger partial charge in [0.15, 0.2) is 5.78 Å². The van der Waals surface area contributed by atoms with Crippen molar-refractivity contribution < 1.29 is 4.79 Å². The van der Waals surface area contributed by atoms with Gasteiger partial charge in [0, 0.05) is 11.1 Å². The second-order valence-corrected chi connectivity index (χ2v) is 5.82. The van der Waals surface area contributed by atoms with E-state index in [2.05, 4.69) is 5.32 Å². The van der Waals surface area contributed by atoms with Gasteiger partial charge in [-0.2, -0.15) is 0 Å². The third kappa shape index (κ3) is 3.76. The van der Waals surface area contributed by atoms with Gasteiger partial charge in [-0.3, -0.25) is 4.79 Å². The lowest BCUT2D eigenvalue weighted by molar-refractivity contribution is 0.0953. The van der Waals surface area contributed by atoms with E-state index in [-0.39, 0.29) is 5.78 Å². The standard InChI is InChI=1S/C21H17NOS/c23-20(17-12-6-2-7-13-17)19(16-10-4-1-5-11-16)22-21(24)18-14-8-3-9-15-18/h1-15,19H,(H,22,24). The van der Waals surface area contributed by atoms with Crippen molar-refractivity contribution in [3.05, 3.63) is 108 Å². The lowest BCUT2D eigenvalue weighted by Gasteiger charge is -2.20. The number of carbonyl (C=O) groups excluding carboxylic acids is 1. The number of ketones is 1. The quantitative estimate of drug-likeness (QED) is 0.548. The SMILES string of the molecule is O=C(c1ccccc1)C(NC(=S)c1ccccc1)c1ccccc1. The fraction of sp³-hybridized carbons (Fsp3) is 0.0476. The summed E-state index contributed by atoms with van der Waals surface area (Å²) in [4.78, 5) is 13.6. The molecular formula is C21H17NOS. The molecule has 0 aliphatic carbocycles. The Balaban J connectivity index is 1.91. The summed E-state index contributed by atoms with van der Waals surface area (Å²) in [6.07, 6.45) is 0. The van der Waals surface area contributed by atoms with E-state index in [1.165, 1.54) is 0 Å². The van der Waals surface area contributed by atoms with Gasteiger partial charge in [-0.25, -0.2) is 0 Å². The molecule has 0 fully saturated rings. The van der Waals surface area contributed by atoms with Crippen LogP contribution < -0.4 is 5.32 Å². The van der Waals surface area contributed by atoms with Crippen LogP contribution in [0, 0.1) is 0 Å². The number of benzene rings is 3. The van der Waals surface area contributed by atoms with Gasteiger partial charge < -0.3 is 5.32 Å². The second kappa shape index (κ2) is 7.66. The number of hydrogen-bond acceptors (Lipinski definition) is 2. The van der Waals surface area contributed by atoms with Gasteiger partial charge in [-0.1, -0.05) is 103 Å². The predicted molar refractivity (Wildman–Crippen MR) is 101 cm³/mol. The zero-order valence-corrected chi connectivity index (χ0v) is 13.9. The molecule has 1 atom stereocenters. The van der Waals surface area contributed by atoms with Crippen molar-refractivity contribution in [2.75, 3.05) is 0 Å². The second-order valence-electron chi connectivity index (χ2n) is 5.41. The number of hydrogen-bond donors (Lipinski definition) is 1. The minimum Gasteiger partial charge on any atom is -0.362 e. The molecular weight excluding hydrogens is 314 g/mol. The van der Waals surface area contributed by atoms with Gasteiger partial charge in [-0.15, -0.1) is 0 Å². The molecule has 3 heteroatoms. The Hall–Kier alpha value is -2.78. The summed E-state index contributed by atoms with van der Waals surface area (Å²) in [5.41, 5.74) is 2.45. The number of thiocarbonyl (C=S) groups is 1. The first-order valence-electron chi connectivity index (χ1n) is 7.76. The van der Waals surface area contributed by atoms with Gasteiger partial charge in [-0.05, 0) is 5.56 Å². The van der Waals surface area contributed by atoms with Crippen molar-refractivity contribution in [3.8, 4) is 0 Å². The Labute approximate surface area is 147 Å². The third-order valence-electron chi connectivity index (χ3n) is 3.76. The molecule has 0 heterocycles. The van der Waals surface area contributed by atoms with Crippen LogP contribution in [-0.4, -0.2) is 10.8 Å². The van der Waals surface area contributed by atoms with Crippen LogP contribution in [0.2, 0.25) is 0 Å². The van der Waals surface area contributed by atoms with Crippen LogP contribution in [0.25, 0.3) is 0 Å². The molecule has 0 radical (unpaired) electrons. The minimum absolute atomic E-state index is 0.0000751. The van der Waals surface area contributed by atoms with Crippen LogP contribution in [0.1, 0.15) is 27.5 Å². The molecule has 3 aromatic carbocycles. The molecule has 0 aromatic heterocycles. The highest BCUT2D eigenvalue weighted by molar-refractivity contribution is 7.80. The van der Waals surface area contributed by atoms with E-state index in [1.54, 1.807) is 0 Å². The summed E-state index contributed by atoms with van der Waals surface area (Å²) < 4.78 is 0. The first-order chi connectivity index (χ1) is 11.8. The number of rotatable bonds is 5. The molecule has 118 valence electrons. The van der Waals surface area contributed by atoms with E-state index < -0.39 is 6.04 Å². The van der Waals surface area contributed by atoms with Crippen molar-refractivity contribution in [3.63, 3.8) is 0 Å². The maximum atomic E-state index is 13.0. The molecule has 0 amide bonds. The van der Waals surface area contributed by atoms with E-state index in [0.29, 0.717) is 10.6 Å². The van der Waals surface area contributed by atoms with Crippen molar-refractivity contribution in [2.45, 2.75) is 6.04 Å². The van der Waals surface area contributed by atoms with Gasteiger partial charge in [0.1, 0.15) is 11.0 Å². The highest BCUT2D eigenvalue weighted by Gasteiger charge is 2.22. The van der Waals surface area contributed by atoms with Gasteiger partial charge >= 0.3 is 0 Å². The smallest absolute Gasteiger partial charge is 0.189 e. The van der Waals surface area contributed by atoms with Crippen molar-refractivity contribution in [1.29, 1.82) is 0 Å². The maximum Gasteiger partial charge on any atom is 0.189 e. The summed E-state index contributed by atoms with van der Waals surface area (Å²) in [6.45, 7) is 0. The molecule has 0 aliphatic heterocycles. The van der Waals surface area contributed by atoms with Gasteiger partial charge in [0.25, 0.3) is 0 Å². The molecule has 2 nitrogen and oxygen atoms in total. The summed E-state index contributed by atoms with van der Waals surface area (Å²) in [5.74, 6) is 0.0000751. The predicted octanol–water partition coefficient (Wildman–Crippen LogP) is 4.58. The monoisotopic (exact) mass is 331 g/mol. The number of nitrogens with one attached hydrogen (secondary N) is 1. The molecule has 24 heavy (non-hydrogen) atoms. The molecule has 0 saturated carbocycles. The molecule has 0 spiro atoms. The van der Waals surface area contributed by atoms with Crippen LogP contribution in [0.3, 0.4) is 0 Å². The Bertz CT molecular complexity index is 816. The average Bonchev–Trinajstić information content (AvgIpc) is 2.67. The topological polar surface area (TPSA) is 29.1 Å². The lowest BCUT2D eigenvalue weighted by atomic mass is 9.97. The lowest BCUT2D eigenvalue weighted by Crippen LogP contribution is -2.33.